The molecule has 23 heavy (non-hydrogen) atoms. The quantitative estimate of drug-likeness (QED) is 0.696. The van der Waals surface area contributed by atoms with Crippen LogP contribution < -0.4 is 4.74 Å². The van der Waals surface area contributed by atoms with Gasteiger partial charge in [0.1, 0.15) is 5.75 Å². The SMILES string of the molecule is C=CC1C2CCN3C([C@@H](O)c4ccnc5ccc(OC)cc45)C123. The Morgan fingerprint density at radius 3 is 3.09 bits per heavy atom. The molecule has 1 aromatic carbocycles. The Labute approximate surface area is 135 Å². The van der Waals surface area contributed by atoms with Gasteiger partial charge in [0.2, 0.25) is 0 Å². The van der Waals surface area contributed by atoms with E-state index in [1.165, 1.54) is 6.42 Å². The summed E-state index contributed by atoms with van der Waals surface area (Å²) >= 11 is 0. The van der Waals surface area contributed by atoms with Crippen LogP contribution in [0.5, 0.6) is 5.75 Å². The number of benzene rings is 1. The Balaban J connectivity index is 1.55. The zero-order valence-electron chi connectivity index (χ0n) is 13.1. The van der Waals surface area contributed by atoms with Crippen molar-refractivity contribution < 1.29 is 9.84 Å². The van der Waals surface area contributed by atoms with Gasteiger partial charge in [-0.2, -0.15) is 0 Å². The molecule has 1 aromatic heterocycles. The monoisotopic (exact) mass is 308 g/mol. The smallest absolute Gasteiger partial charge is 0.119 e. The van der Waals surface area contributed by atoms with Crippen molar-refractivity contribution >= 4 is 10.9 Å². The van der Waals surface area contributed by atoms with Crippen LogP contribution in [0.3, 0.4) is 0 Å². The first-order valence-corrected chi connectivity index (χ1v) is 8.23. The maximum atomic E-state index is 11.1. The van der Waals surface area contributed by atoms with Crippen molar-refractivity contribution in [2.45, 2.75) is 24.1 Å². The molecule has 3 aliphatic rings. The molecule has 5 rings (SSSR count). The number of aliphatic hydroxyl groups is 1. The number of ether oxygens (including phenoxy) is 1. The zero-order chi connectivity index (χ0) is 15.8. The number of methoxy groups -OCH3 is 1. The van der Waals surface area contributed by atoms with Gasteiger partial charge in [-0.05, 0) is 48.7 Å². The van der Waals surface area contributed by atoms with E-state index in [0.29, 0.717) is 11.8 Å². The molecule has 4 nitrogen and oxygen atoms in total. The number of pyridine rings is 1. The highest BCUT2D eigenvalue weighted by Gasteiger charge is 2.86. The number of fused-ring (bicyclic) bond motifs is 1. The summed E-state index contributed by atoms with van der Waals surface area (Å²) in [6.07, 6.45) is 4.62. The molecule has 0 bridgehead atoms. The predicted octanol–water partition coefficient (Wildman–Crippen LogP) is 2.54. The lowest BCUT2D eigenvalue weighted by molar-refractivity contribution is 0.156. The van der Waals surface area contributed by atoms with Crippen LogP contribution in [-0.2, 0) is 0 Å². The van der Waals surface area contributed by atoms with Crippen molar-refractivity contribution in [3.63, 3.8) is 0 Å². The summed E-state index contributed by atoms with van der Waals surface area (Å²) in [5.41, 5.74) is 2.06. The molecule has 1 spiro atoms. The fourth-order valence-electron chi connectivity index (χ4n) is 5.22. The molecule has 0 amide bonds. The molecule has 118 valence electrons. The van der Waals surface area contributed by atoms with E-state index < -0.39 is 6.10 Å². The summed E-state index contributed by atoms with van der Waals surface area (Å²) in [5.74, 6) is 2.04. The Morgan fingerprint density at radius 2 is 2.35 bits per heavy atom. The molecule has 1 saturated carbocycles. The van der Waals surface area contributed by atoms with Crippen molar-refractivity contribution in [2.75, 3.05) is 13.7 Å². The Bertz CT molecular complexity index is 820. The van der Waals surface area contributed by atoms with Gasteiger partial charge in [0.25, 0.3) is 0 Å². The third-order valence-corrected chi connectivity index (χ3v) is 6.23. The van der Waals surface area contributed by atoms with E-state index in [-0.39, 0.29) is 11.6 Å². The summed E-state index contributed by atoms with van der Waals surface area (Å²) < 4.78 is 5.34. The second-order valence-corrected chi connectivity index (χ2v) is 6.91. The largest absolute Gasteiger partial charge is 0.497 e. The van der Waals surface area contributed by atoms with Gasteiger partial charge in [-0.25, -0.2) is 0 Å². The van der Waals surface area contributed by atoms with Gasteiger partial charge < -0.3 is 9.84 Å². The molecule has 2 saturated heterocycles. The minimum atomic E-state index is -0.486. The number of aromatic nitrogens is 1. The minimum absolute atomic E-state index is 0.204. The van der Waals surface area contributed by atoms with Gasteiger partial charge in [-0.15, -0.1) is 6.58 Å². The second kappa shape index (κ2) is 4.34. The lowest BCUT2D eigenvalue weighted by atomic mass is 9.98. The van der Waals surface area contributed by atoms with Gasteiger partial charge in [-0.3, -0.25) is 9.88 Å². The fourth-order valence-corrected chi connectivity index (χ4v) is 5.22. The first kappa shape index (κ1) is 13.5. The van der Waals surface area contributed by atoms with Crippen molar-refractivity contribution in [3.8, 4) is 5.75 Å². The van der Waals surface area contributed by atoms with Crippen molar-refractivity contribution in [1.29, 1.82) is 0 Å². The molecule has 1 N–H and O–H groups in total. The van der Waals surface area contributed by atoms with E-state index in [4.69, 9.17) is 4.74 Å². The van der Waals surface area contributed by atoms with Crippen LogP contribution in [0, 0.1) is 11.8 Å². The average molecular weight is 308 g/mol. The van der Waals surface area contributed by atoms with E-state index in [1.54, 1.807) is 13.3 Å². The Morgan fingerprint density at radius 1 is 1.48 bits per heavy atom. The number of hydrogen-bond acceptors (Lipinski definition) is 4. The standard InChI is InChI=1S/C19H20N2O2/c1-3-14-15-7-9-21-18(19(14,15)21)17(22)12-6-8-20-16-5-4-11(23-2)10-13(12)16/h3-6,8,10,14-15,17-18,22H,1,7,9H2,2H3/t14?,15?,17-,18?,19?,21?/m0/s1. The Hall–Kier alpha value is -1.91. The van der Waals surface area contributed by atoms with Crippen LogP contribution in [0.15, 0.2) is 43.1 Å². The molecular weight excluding hydrogens is 288 g/mol. The fraction of sp³-hybridized carbons (Fsp3) is 0.421. The third kappa shape index (κ3) is 1.51. The van der Waals surface area contributed by atoms with Crippen LogP contribution in [-0.4, -0.2) is 40.2 Å². The molecule has 2 aromatic rings. The number of aliphatic hydroxyl groups excluding tert-OH is 1. The summed E-state index contributed by atoms with van der Waals surface area (Å²) in [5, 5.41) is 12.1. The summed E-state index contributed by atoms with van der Waals surface area (Å²) in [6.45, 7) is 5.08. The number of piperidine rings is 2. The first-order chi connectivity index (χ1) is 11.2. The van der Waals surface area contributed by atoms with Crippen LogP contribution in [0.2, 0.25) is 0 Å². The van der Waals surface area contributed by atoms with Crippen molar-refractivity contribution in [2.24, 2.45) is 11.8 Å². The van der Waals surface area contributed by atoms with Crippen LogP contribution >= 0.6 is 0 Å². The summed E-state index contributed by atoms with van der Waals surface area (Å²) in [6, 6.07) is 7.99. The normalized spacial score (nSPS) is 37.8. The van der Waals surface area contributed by atoms with E-state index in [0.717, 1.165) is 28.8 Å². The predicted molar refractivity (Wildman–Crippen MR) is 88.3 cm³/mol. The van der Waals surface area contributed by atoms with Gasteiger partial charge in [0, 0.05) is 23.0 Å². The third-order valence-electron chi connectivity index (χ3n) is 6.23. The molecule has 3 heterocycles. The van der Waals surface area contributed by atoms with Crippen LogP contribution in [0.1, 0.15) is 18.1 Å². The lowest BCUT2D eigenvalue weighted by Crippen LogP contribution is -2.15. The van der Waals surface area contributed by atoms with Gasteiger partial charge in [-0.1, -0.05) is 6.08 Å². The Kier molecular flexibility index (Phi) is 2.55. The molecule has 3 fully saturated rings. The number of hydrogen-bond donors (Lipinski definition) is 1. The lowest BCUT2D eigenvalue weighted by Gasteiger charge is -2.15. The van der Waals surface area contributed by atoms with Crippen LogP contribution in [0.25, 0.3) is 10.9 Å². The zero-order valence-corrected chi connectivity index (χ0v) is 13.1. The highest BCUT2D eigenvalue weighted by Crippen LogP contribution is 2.76. The van der Waals surface area contributed by atoms with E-state index in [9.17, 15) is 5.11 Å². The molecule has 5 unspecified atom stereocenters. The average Bonchev–Trinajstić information content (AvgIpc) is 3.41. The molecule has 6 atom stereocenters. The second-order valence-electron chi connectivity index (χ2n) is 6.91. The summed E-state index contributed by atoms with van der Waals surface area (Å²) in [4.78, 5) is 6.89. The maximum absolute atomic E-state index is 11.1. The molecule has 2 aliphatic heterocycles. The topological polar surface area (TPSA) is 45.4 Å². The summed E-state index contributed by atoms with van der Waals surface area (Å²) in [7, 11) is 1.66. The van der Waals surface area contributed by atoms with Gasteiger partial charge in [0.15, 0.2) is 0 Å². The van der Waals surface area contributed by atoms with Crippen molar-refractivity contribution in [1.82, 2.24) is 9.88 Å². The molecular formula is C19H20N2O2. The molecule has 0 radical (unpaired) electrons. The molecule has 1 aliphatic carbocycles. The first-order valence-electron chi connectivity index (χ1n) is 8.23. The highest BCUT2D eigenvalue weighted by molar-refractivity contribution is 5.84. The number of rotatable bonds is 4. The van der Waals surface area contributed by atoms with Crippen LogP contribution in [0.4, 0.5) is 0 Å². The van der Waals surface area contributed by atoms with E-state index in [2.05, 4.69) is 22.5 Å². The minimum Gasteiger partial charge on any atom is -0.497 e. The number of nitrogens with zero attached hydrogens (tertiary/aromatic N) is 2. The highest BCUT2D eigenvalue weighted by atomic mass is 16.5. The van der Waals surface area contributed by atoms with E-state index >= 15 is 0 Å². The maximum Gasteiger partial charge on any atom is 0.119 e. The van der Waals surface area contributed by atoms with Gasteiger partial charge in [0.05, 0.1) is 24.8 Å². The molecule has 4 heteroatoms. The van der Waals surface area contributed by atoms with E-state index in [1.807, 2.05) is 24.3 Å². The van der Waals surface area contributed by atoms with Gasteiger partial charge >= 0.3 is 0 Å². The van der Waals surface area contributed by atoms with Crippen molar-refractivity contribution in [3.05, 3.63) is 48.7 Å².